The Morgan fingerprint density at radius 2 is 2.16 bits per heavy atom. The van der Waals surface area contributed by atoms with Crippen LogP contribution in [0.5, 0.6) is 0 Å². The Labute approximate surface area is 120 Å². The molecule has 2 N–H and O–H groups in total. The number of halogens is 1. The number of rotatable bonds is 6. The van der Waals surface area contributed by atoms with Crippen LogP contribution in [-0.4, -0.2) is 32.1 Å². The van der Waals surface area contributed by atoms with Gasteiger partial charge in [0, 0.05) is 13.1 Å². The van der Waals surface area contributed by atoms with Gasteiger partial charge in [-0.15, -0.1) is 12.4 Å². The number of carbonyl (C=O) groups excluding carboxylic acids is 1. The van der Waals surface area contributed by atoms with Gasteiger partial charge in [0.05, 0.1) is 19.1 Å². The van der Waals surface area contributed by atoms with Gasteiger partial charge in [-0.2, -0.15) is 0 Å². The minimum absolute atomic E-state index is 0. The van der Waals surface area contributed by atoms with Crippen molar-refractivity contribution in [2.75, 3.05) is 26.2 Å². The number of carbonyl (C=O) groups is 1. The lowest BCUT2D eigenvalue weighted by molar-refractivity contribution is -0.124. The summed E-state index contributed by atoms with van der Waals surface area (Å²) >= 11 is 0. The monoisotopic (exact) mass is 284 g/mol. The summed E-state index contributed by atoms with van der Waals surface area (Å²) in [5, 5.41) is 6.09. The topological polar surface area (TPSA) is 50.4 Å². The van der Waals surface area contributed by atoms with E-state index in [1.807, 2.05) is 30.3 Å². The highest BCUT2D eigenvalue weighted by molar-refractivity contribution is 5.85. The first-order valence-electron chi connectivity index (χ1n) is 6.46. The number of benzene rings is 1. The lowest BCUT2D eigenvalue weighted by atomic mass is 10.1. The molecule has 2 rings (SSSR count). The van der Waals surface area contributed by atoms with Crippen LogP contribution in [0.3, 0.4) is 0 Å². The van der Waals surface area contributed by atoms with Crippen LogP contribution < -0.4 is 10.6 Å². The smallest absolute Gasteiger partial charge is 0.224 e. The van der Waals surface area contributed by atoms with E-state index in [2.05, 4.69) is 10.6 Å². The second-order valence-corrected chi connectivity index (χ2v) is 4.52. The summed E-state index contributed by atoms with van der Waals surface area (Å²) in [6, 6.07) is 10.0. The number of ether oxygens (including phenoxy) is 1. The minimum atomic E-state index is 0. The molecule has 1 atom stereocenters. The highest BCUT2D eigenvalue weighted by Crippen LogP contribution is 2.06. The molecule has 0 saturated carbocycles. The van der Waals surface area contributed by atoms with Crippen molar-refractivity contribution >= 4 is 18.3 Å². The molecule has 1 aliphatic heterocycles. The normalized spacial score (nSPS) is 17.8. The fourth-order valence-corrected chi connectivity index (χ4v) is 2.03. The molecule has 0 bridgehead atoms. The molecule has 0 radical (unpaired) electrons. The first kappa shape index (κ1) is 16.0. The molecule has 1 aliphatic rings. The van der Waals surface area contributed by atoms with Gasteiger partial charge in [-0.1, -0.05) is 30.3 Å². The summed E-state index contributed by atoms with van der Waals surface area (Å²) in [5.74, 6) is 0.280. The maximum Gasteiger partial charge on any atom is 0.224 e. The quantitative estimate of drug-likeness (QED) is 0.776. The van der Waals surface area contributed by atoms with Crippen LogP contribution in [0.1, 0.15) is 12.0 Å². The van der Waals surface area contributed by atoms with Crippen LogP contribution in [0, 0.1) is 5.92 Å². The van der Waals surface area contributed by atoms with Gasteiger partial charge in [-0.25, -0.2) is 0 Å². The van der Waals surface area contributed by atoms with Gasteiger partial charge >= 0.3 is 0 Å². The largest absolute Gasteiger partial charge is 0.375 e. The number of nitrogens with one attached hydrogen (secondary N) is 2. The fraction of sp³-hybridized carbons (Fsp3) is 0.500. The maximum absolute atomic E-state index is 11.7. The van der Waals surface area contributed by atoms with Crippen molar-refractivity contribution in [1.82, 2.24) is 10.6 Å². The standard InChI is InChI=1S/C14H20N2O2.ClH/c17-14(13-6-7-15-10-13)16-8-9-18-11-12-4-2-1-3-5-12;/h1-5,13,15H,6-11H2,(H,16,17);1H. The van der Waals surface area contributed by atoms with E-state index >= 15 is 0 Å². The molecule has 1 saturated heterocycles. The summed E-state index contributed by atoms with van der Waals surface area (Å²) in [4.78, 5) is 11.7. The lowest BCUT2D eigenvalue weighted by Gasteiger charge is -2.10. The SMILES string of the molecule is Cl.O=C(NCCOCc1ccccc1)C1CCNC1. The van der Waals surface area contributed by atoms with Crippen molar-refractivity contribution in [3.63, 3.8) is 0 Å². The molecular weight excluding hydrogens is 264 g/mol. The summed E-state index contributed by atoms with van der Waals surface area (Å²) < 4.78 is 5.50. The molecule has 19 heavy (non-hydrogen) atoms. The molecule has 1 aromatic rings. The van der Waals surface area contributed by atoms with E-state index in [0.29, 0.717) is 19.8 Å². The average Bonchev–Trinajstić information content (AvgIpc) is 2.93. The molecule has 106 valence electrons. The second kappa shape index (κ2) is 8.91. The van der Waals surface area contributed by atoms with Crippen molar-refractivity contribution in [2.24, 2.45) is 5.92 Å². The zero-order chi connectivity index (χ0) is 12.6. The number of hydrogen-bond donors (Lipinski definition) is 2. The van der Waals surface area contributed by atoms with Gasteiger partial charge in [0.25, 0.3) is 0 Å². The first-order chi connectivity index (χ1) is 8.86. The molecule has 1 fully saturated rings. The second-order valence-electron chi connectivity index (χ2n) is 4.52. The molecule has 1 unspecified atom stereocenters. The van der Waals surface area contributed by atoms with E-state index in [9.17, 15) is 4.79 Å². The van der Waals surface area contributed by atoms with Gasteiger partial charge < -0.3 is 15.4 Å². The Morgan fingerprint density at radius 1 is 1.37 bits per heavy atom. The van der Waals surface area contributed by atoms with Crippen LogP contribution in [0.15, 0.2) is 30.3 Å². The third-order valence-corrected chi connectivity index (χ3v) is 3.09. The van der Waals surface area contributed by atoms with Crippen molar-refractivity contribution in [3.8, 4) is 0 Å². The van der Waals surface area contributed by atoms with Crippen LogP contribution in [0.2, 0.25) is 0 Å². The summed E-state index contributed by atoms with van der Waals surface area (Å²) in [6.45, 7) is 3.49. The van der Waals surface area contributed by atoms with Crippen molar-refractivity contribution in [2.45, 2.75) is 13.0 Å². The fourth-order valence-electron chi connectivity index (χ4n) is 2.03. The van der Waals surface area contributed by atoms with Crippen molar-refractivity contribution < 1.29 is 9.53 Å². The van der Waals surface area contributed by atoms with Gasteiger partial charge in [-0.3, -0.25) is 4.79 Å². The molecule has 4 nitrogen and oxygen atoms in total. The molecule has 1 aromatic carbocycles. The van der Waals surface area contributed by atoms with Crippen LogP contribution in [0.4, 0.5) is 0 Å². The van der Waals surface area contributed by atoms with E-state index in [4.69, 9.17) is 4.74 Å². The van der Waals surface area contributed by atoms with E-state index in [-0.39, 0.29) is 24.2 Å². The summed E-state index contributed by atoms with van der Waals surface area (Å²) in [7, 11) is 0. The van der Waals surface area contributed by atoms with E-state index in [1.54, 1.807) is 0 Å². The van der Waals surface area contributed by atoms with Gasteiger partial charge in [0.2, 0.25) is 5.91 Å². The molecule has 0 aromatic heterocycles. The van der Waals surface area contributed by atoms with Crippen molar-refractivity contribution in [3.05, 3.63) is 35.9 Å². The Hall–Kier alpha value is -1.10. The Balaban J connectivity index is 0.00000180. The third-order valence-electron chi connectivity index (χ3n) is 3.09. The zero-order valence-electron chi connectivity index (χ0n) is 10.9. The van der Waals surface area contributed by atoms with E-state index in [0.717, 1.165) is 25.1 Å². The Bertz CT molecular complexity index is 367. The molecule has 0 aliphatic carbocycles. The minimum Gasteiger partial charge on any atom is -0.375 e. The van der Waals surface area contributed by atoms with E-state index in [1.165, 1.54) is 0 Å². The third kappa shape index (κ3) is 5.59. The first-order valence-corrected chi connectivity index (χ1v) is 6.46. The highest BCUT2D eigenvalue weighted by Gasteiger charge is 2.21. The Kier molecular flexibility index (Phi) is 7.48. The summed E-state index contributed by atoms with van der Waals surface area (Å²) in [5.41, 5.74) is 1.16. The predicted molar refractivity (Wildman–Crippen MR) is 77.3 cm³/mol. The molecular formula is C14H21ClN2O2. The highest BCUT2D eigenvalue weighted by atomic mass is 35.5. The van der Waals surface area contributed by atoms with Crippen LogP contribution in [0.25, 0.3) is 0 Å². The van der Waals surface area contributed by atoms with Crippen LogP contribution >= 0.6 is 12.4 Å². The van der Waals surface area contributed by atoms with Crippen LogP contribution in [-0.2, 0) is 16.1 Å². The number of hydrogen-bond acceptors (Lipinski definition) is 3. The maximum atomic E-state index is 11.7. The average molecular weight is 285 g/mol. The molecule has 1 heterocycles. The Morgan fingerprint density at radius 3 is 2.84 bits per heavy atom. The van der Waals surface area contributed by atoms with Gasteiger partial charge in [-0.05, 0) is 18.5 Å². The summed E-state index contributed by atoms with van der Waals surface area (Å²) in [6.07, 6.45) is 0.941. The lowest BCUT2D eigenvalue weighted by Crippen LogP contribution is -2.34. The van der Waals surface area contributed by atoms with Gasteiger partial charge in [0.1, 0.15) is 0 Å². The number of amides is 1. The van der Waals surface area contributed by atoms with Gasteiger partial charge in [0.15, 0.2) is 0 Å². The molecule has 1 amide bonds. The molecule has 5 heteroatoms. The van der Waals surface area contributed by atoms with Crippen molar-refractivity contribution in [1.29, 1.82) is 0 Å². The predicted octanol–water partition coefficient (Wildman–Crippen LogP) is 1.35. The zero-order valence-corrected chi connectivity index (χ0v) is 11.7. The van der Waals surface area contributed by atoms with E-state index < -0.39 is 0 Å². The molecule has 0 spiro atoms.